The Hall–Kier alpha value is -4.12. The molecular weight excluding hydrogens is 494 g/mol. The molecule has 1 unspecified atom stereocenters. The van der Waals surface area contributed by atoms with E-state index in [-0.39, 0.29) is 48.2 Å². The highest BCUT2D eigenvalue weighted by Gasteiger charge is 2.21. The highest BCUT2D eigenvalue weighted by atomic mass is 16.5. The molecule has 2 aromatic carbocycles. The first-order chi connectivity index (χ1) is 18.4. The second-order valence-electron chi connectivity index (χ2n) is 8.89. The summed E-state index contributed by atoms with van der Waals surface area (Å²) in [6.07, 6.45) is 1.71. The third-order valence-corrected chi connectivity index (χ3v) is 6.54. The van der Waals surface area contributed by atoms with E-state index < -0.39 is 11.2 Å². The predicted molar refractivity (Wildman–Crippen MR) is 139 cm³/mol. The van der Waals surface area contributed by atoms with Gasteiger partial charge in [0, 0.05) is 37.7 Å². The van der Waals surface area contributed by atoms with Gasteiger partial charge in [-0.1, -0.05) is 12.1 Å². The summed E-state index contributed by atoms with van der Waals surface area (Å²) in [5.41, 5.74) is -0.745. The quantitative estimate of drug-likeness (QED) is 0.375. The van der Waals surface area contributed by atoms with Crippen LogP contribution in [0.1, 0.15) is 29.6 Å². The fourth-order valence-corrected chi connectivity index (χ4v) is 4.46. The average molecular weight is 526 g/mol. The van der Waals surface area contributed by atoms with Crippen LogP contribution in [0.4, 0.5) is 0 Å². The standard InChI is InChI=1S/C27H31N3O8/c1-35-18-7-4-6-17(12-18)22(31)16-30-21-14-24(37-3)23(36-2)13-20(21)26(33)29(27(30)34)10-9-25(32)28-15-19-8-5-11-38-19/h4,6-7,12-14,19H,5,8-11,15-16H2,1-3H3,(H,28,32). The van der Waals surface area contributed by atoms with Crippen LogP contribution in [0.15, 0.2) is 46.0 Å². The number of hydrogen-bond acceptors (Lipinski definition) is 8. The van der Waals surface area contributed by atoms with Crippen molar-refractivity contribution < 1.29 is 28.5 Å². The SMILES string of the molecule is COc1cccc(C(=O)Cn2c(=O)n(CCC(=O)NCC3CCCO3)c(=O)c3cc(OC)c(OC)cc32)c1. The minimum absolute atomic E-state index is 0.0235. The summed E-state index contributed by atoms with van der Waals surface area (Å²) in [6, 6.07) is 9.55. The molecule has 3 aromatic rings. The monoisotopic (exact) mass is 525 g/mol. The van der Waals surface area contributed by atoms with Gasteiger partial charge in [-0.2, -0.15) is 0 Å². The van der Waals surface area contributed by atoms with E-state index in [4.69, 9.17) is 18.9 Å². The van der Waals surface area contributed by atoms with Crippen molar-refractivity contribution in [1.82, 2.24) is 14.5 Å². The number of nitrogens with one attached hydrogen (secondary N) is 1. The Morgan fingerprint density at radius 3 is 2.47 bits per heavy atom. The van der Waals surface area contributed by atoms with Crippen molar-refractivity contribution in [2.45, 2.75) is 38.5 Å². The summed E-state index contributed by atoms with van der Waals surface area (Å²) < 4.78 is 23.6. The van der Waals surface area contributed by atoms with Crippen LogP contribution in [-0.2, 0) is 22.6 Å². The van der Waals surface area contributed by atoms with Gasteiger partial charge in [0.25, 0.3) is 5.56 Å². The van der Waals surface area contributed by atoms with Gasteiger partial charge in [-0.15, -0.1) is 0 Å². The lowest BCUT2D eigenvalue weighted by Gasteiger charge is -2.16. The van der Waals surface area contributed by atoms with Crippen LogP contribution in [0.25, 0.3) is 10.9 Å². The minimum atomic E-state index is -0.710. The molecule has 1 aliphatic heterocycles. The molecule has 1 N–H and O–H groups in total. The van der Waals surface area contributed by atoms with Gasteiger partial charge in [-0.05, 0) is 31.0 Å². The topological polar surface area (TPSA) is 127 Å². The highest BCUT2D eigenvalue weighted by molar-refractivity contribution is 5.97. The van der Waals surface area contributed by atoms with E-state index in [1.165, 1.54) is 38.0 Å². The van der Waals surface area contributed by atoms with Gasteiger partial charge in [0.15, 0.2) is 17.3 Å². The third kappa shape index (κ3) is 5.72. The molecule has 0 radical (unpaired) electrons. The van der Waals surface area contributed by atoms with Crippen molar-refractivity contribution in [2.75, 3.05) is 34.5 Å². The van der Waals surface area contributed by atoms with E-state index in [9.17, 15) is 19.2 Å². The molecule has 0 spiro atoms. The van der Waals surface area contributed by atoms with Crippen molar-refractivity contribution in [3.63, 3.8) is 0 Å². The normalized spacial score (nSPS) is 14.9. The van der Waals surface area contributed by atoms with E-state index in [1.54, 1.807) is 24.3 Å². The summed E-state index contributed by atoms with van der Waals surface area (Å²) in [7, 11) is 4.36. The Balaban J connectivity index is 1.70. The van der Waals surface area contributed by atoms with Crippen LogP contribution in [-0.4, -0.2) is 61.4 Å². The summed E-state index contributed by atoms with van der Waals surface area (Å²) in [6.45, 7) is 0.549. The van der Waals surface area contributed by atoms with Gasteiger partial charge in [0.2, 0.25) is 5.91 Å². The Bertz CT molecular complexity index is 1450. The largest absolute Gasteiger partial charge is 0.497 e. The molecule has 0 bridgehead atoms. The van der Waals surface area contributed by atoms with Crippen LogP contribution >= 0.6 is 0 Å². The number of fused-ring (bicyclic) bond motifs is 1. The van der Waals surface area contributed by atoms with E-state index in [2.05, 4.69) is 5.32 Å². The van der Waals surface area contributed by atoms with Crippen molar-refractivity contribution in [3.8, 4) is 17.2 Å². The van der Waals surface area contributed by atoms with Crippen LogP contribution in [0.5, 0.6) is 17.2 Å². The average Bonchev–Trinajstić information content (AvgIpc) is 3.47. The molecule has 202 valence electrons. The fourth-order valence-electron chi connectivity index (χ4n) is 4.46. The molecule has 1 saturated heterocycles. The van der Waals surface area contributed by atoms with Crippen LogP contribution in [0, 0.1) is 0 Å². The molecule has 0 aliphatic carbocycles. The second kappa shape index (κ2) is 12.0. The lowest BCUT2D eigenvalue weighted by molar-refractivity contribution is -0.121. The van der Waals surface area contributed by atoms with Gasteiger partial charge in [0.05, 0.1) is 44.9 Å². The number of ether oxygens (including phenoxy) is 4. The lowest BCUT2D eigenvalue weighted by Crippen LogP contribution is -2.42. The second-order valence-corrected chi connectivity index (χ2v) is 8.89. The van der Waals surface area contributed by atoms with E-state index in [0.29, 0.717) is 36.0 Å². The number of carbonyl (C=O) groups excluding carboxylic acids is 2. The van der Waals surface area contributed by atoms with Gasteiger partial charge >= 0.3 is 5.69 Å². The molecule has 0 saturated carbocycles. The molecule has 4 rings (SSSR count). The van der Waals surface area contributed by atoms with Gasteiger partial charge < -0.3 is 24.3 Å². The third-order valence-electron chi connectivity index (χ3n) is 6.54. The number of nitrogens with zero attached hydrogens (tertiary/aromatic N) is 2. The van der Waals surface area contributed by atoms with Crippen molar-refractivity contribution >= 4 is 22.6 Å². The maximum atomic E-state index is 13.6. The molecule has 2 heterocycles. The number of hydrogen-bond donors (Lipinski definition) is 1. The number of Topliss-reactive ketones (excluding diaryl/α,β-unsaturated/α-hetero) is 1. The van der Waals surface area contributed by atoms with Crippen molar-refractivity contribution in [1.29, 1.82) is 0 Å². The molecule has 11 nitrogen and oxygen atoms in total. The summed E-state index contributed by atoms with van der Waals surface area (Å²) in [4.78, 5) is 52.6. The predicted octanol–water partition coefficient (Wildman–Crippen LogP) is 1.76. The van der Waals surface area contributed by atoms with E-state index in [0.717, 1.165) is 17.4 Å². The van der Waals surface area contributed by atoms with Gasteiger partial charge in [-0.3, -0.25) is 23.5 Å². The van der Waals surface area contributed by atoms with Crippen LogP contribution < -0.4 is 30.8 Å². The van der Waals surface area contributed by atoms with Gasteiger partial charge in [0.1, 0.15) is 5.75 Å². The Kier molecular flexibility index (Phi) is 8.47. The zero-order valence-corrected chi connectivity index (χ0v) is 21.7. The number of aromatic nitrogens is 2. The molecule has 11 heteroatoms. The summed E-state index contributed by atoms with van der Waals surface area (Å²) >= 11 is 0. The zero-order chi connectivity index (χ0) is 27.2. The maximum absolute atomic E-state index is 13.6. The molecule has 38 heavy (non-hydrogen) atoms. The van der Waals surface area contributed by atoms with E-state index in [1.807, 2.05) is 0 Å². The molecular formula is C27H31N3O8. The van der Waals surface area contributed by atoms with Crippen molar-refractivity contribution in [2.24, 2.45) is 0 Å². The number of amides is 1. The Morgan fingerprint density at radius 1 is 1.03 bits per heavy atom. The number of ketones is 1. The summed E-state index contributed by atoms with van der Waals surface area (Å²) in [5, 5.41) is 2.95. The van der Waals surface area contributed by atoms with Crippen molar-refractivity contribution in [3.05, 3.63) is 62.8 Å². The first kappa shape index (κ1) is 26.9. The molecule has 1 amide bonds. The molecule has 1 atom stereocenters. The zero-order valence-electron chi connectivity index (χ0n) is 21.7. The van der Waals surface area contributed by atoms with Gasteiger partial charge in [-0.25, -0.2) is 4.79 Å². The Morgan fingerprint density at radius 2 is 1.79 bits per heavy atom. The number of rotatable bonds is 11. The first-order valence-electron chi connectivity index (χ1n) is 12.3. The van der Waals surface area contributed by atoms with Crippen LogP contribution in [0.3, 0.4) is 0 Å². The summed E-state index contributed by atoms with van der Waals surface area (Å²) in [5.74, 6) is 0.424. The number of methoxy groups -OCH3 is 3. The maximum Gasteiger partial charge on any atom is 0.331 e. The fraction of sp³-hybridized carbons (Fsp3) is 0.407. The number of carbonyl (C=O) groups is 2. The lowest BCUT2D eigenvalue weighted by atomic mass is 10.1. The van der Waals surface area contributed by atoms with E-state index >= 15 is 0 Å². The molecule has 1 aromatic heterocycles. The first-order valence-corrected chi connectivity index (χ1v) is 12.3. The Labute approximate surface area is 218 Å². The molecule has 1 aliphatic rings. The smallest absolute Gasteiger partial charge is 0.331 e. The highest BCUT2D eigenvalue weighted by Crippen LogP contribution is 2.30. The molecule has 1 fully saturated rings. The van der Waals surface area contributed by atoms with Crippen LogP contribution in [0.2, 0.25) is 0 Å². The number of benzene rings is 2. The minimum Gasteiger partial charge on any atom is -0.497 e.